The van der Waals surface area contributed by atoms with Crippen LogP contribution in [0.1, 0.15) is 20.8 Å². The third-order valence-electron chi connectivity index (χ3n) is 2.94. The third kappa shape index (κ3) is 3.39. The number of halogens is 2. The van der Waals surface area contributed by atoms with Gasteiger partial charge in [-0.3, -0.25) is 0 Å². The first-order valence-electron chi connectivity index (χ1n) is 5.67. The minimum atomic E-state index is -1.79. The molecule has 112 valence electrons. The highest BCUT2D eigenvalue weighted by Crippen LogP contribution is 2.47. The molecule has 1 aliphatic heterocycles. The fourth-order valence-corrected chi connectivity index (χ4v) is 2.12. The quantitative estimate of drug-likeness (QED) is 0.746. The van der Waals surface area contributed by atoms with E-state index in [1.165, 1.54) is 6.92 Å². The van der Waals surface area contributed by atoms with Crippen molar-refractivity contribution in [2.24, 2.45) is 0 Å². The third-order valence-corrected chi connectivity index (χ3v) is 4.23. The molecule has 1 heterocycles. The van der Waals surface area contributed by atoms with Crippen molar-refractivity contribution in [3.63, 3.8) is 0 Å². The molecule has 1 atom stereocenters. The number of hydrogen-bond acceptors (Lipinski definition) is 4. The summed E-state index contributed by atoms with van der Waals surface area (Å²) in [5, 5.41) is -0.806. The van der Waals surface area contributed by atoms with Crippen LogP contribution in [-0.2, 0) is 14.2 Å². The lowest BCUT2D eigenvalue weighted by atomic mass is 10.00. The Morgan fingerprint density at radius 2 is 1.74 bits per heavy atom. The fourth-order valence-electron chi connectivity index (χ4n) is 1.40. The smallest absolute Gasteiger partial charge is 0.421 e. The van der Waals surface area contributed by atoms with Crippen molar-refractivity contribution in [3.05, 3.63) is 11.0 Å². The van der Waals surface area contributed by atoms with Gasteiger partial charge in [0.1, 0.15) is 6.61 Å². The molecule has 0 spiro atoms. The molecular weight excluding hydrogens is 278 g/mol. The highest BCUT2D eigenvalue weighted by Gasteiger charge is 2.56. The van der Waals surface area contributed by atoms with Crippen LogP contribution in [0.2, 0.25) is 0 Å². The maximum atomic E-state index is 13.7. The molecule has 7 heteroatoms. The van der Waals surface area contributed by atoms with Gasteiger partial charge in [0.2, 0.25) is 0 Å². The molecule has 1 fully saturated rings. The topological polar surface area (TPSA) is 44.8 Å². The zero-order valence-electron chi connectivity index (χ0n) is 12.0. The van der Waals surface area contributed by atoms with Crippen molar-refractivity contribution in [3.8, 4) is 0 Å². The summed E-state index contributed by atoms with van der Waals surface area (Å²) >= 11 is 0. The summed E-state index contributed by atoms with van der Waals surface area (Å²) in [4.78, 5) is 11.1. The minimum absolute atomic E-state index is 0.604. The van der Waals surface area contributed by atoms with Crippen LogP contribution in [0.15, 0.2) is 11.0 Å². The standard InChI is InChI=1S/C12H20F2O4S/c1-11(2)12(3,18-10(15)17-11)16-7-8(13)9(14)19(4,5)6/h7H2,1-6H3/b9-8-. The first-order chi connectivity index (χ1) is 8.39. The lowest BCUT2D eigenvalue weighted by molar-refractivity contribution is -0.213. The van der Waals surface area contributed by atoms with E-state index in [-0.39, 0.29) is 0 Å². The summed E-state index contributed by atoms with van der Waals surface area (Å²) in [6.45, 7) is 4.00. The molecule has 19 heavy (non-hydrogen) atoms. The predicted octanol–water partition coefficient (Wildman–Crippen LogP) is 3.47. The van der Waals surface area contributed by atoms with E-state index < -0.39 is 45.2 Å². The molecule has 1 aliphatic rings. The van der Waals surface area contributed by atoms with Crippen LogP contribution in [0.4, 0.5) is 13.6 Å². The average Bonchev–Trinajstić information content (AvgIpc) is 2.42. The second-order valence-corrected chi connectivity index (χ2v) is 9.75. The van der Waals surface area contributed by atoms with E-state index in [1.807, 2.05) is 0 Å². The fraction of sp³-hybridized carbons (Fsp3) is 0.750. The van der Waals surface area contributed by atoms with Crippen LogP contribution in [0.5, 0.6) is 0 Å². The number of carbonyl (C=O) groups is 1. The molecule has 1 saturated heterocycles. The minimum Gasteiger partial charge on any atom is -0.421 e. The van der Waals surface area contributed by atoms with Gasteiger partial charge in [0.15, 0.2) is 16.6 Å². The van der Waals surface area contributed by atoms with Gasteiger partial charge in [-0.2, -0.15) is 14.4 Å². The van der Waals surface area contributed by atoms with Crippen molar-refractivity contribution in [2.45, 2.75) is 32.2 Å². The molecule has 4 nitrogen and oxygen atoms in total. The number of cyclic esters (lactones) is 2. The Morgan fingerprint density at radius 1 is 1.21 bits per heavy atom. The second kappa shape index (κ2) is 4.94. The molecule has 0 aliphatic carbocycles. The van der Waals surface area contributed by atoms with Crippen LogP contribution in [0.3, 0.4) is 0 Å². The SMILES string of the molecule is CC1(C)OC(=O)OC1(C)OC/C(F)=C(\F)S(C)(C)C. The van der Waals surface area contributed by atoms with E-state index >= 15 is 0 Å². The molecule has 0 amide bonds. The van der Waals surface area contributed by atoms with Gasteiger partial charge in [0.25, 0.3) is 5.79 Å². The summed E-state index contributed by atoms with van der Waals surface area (Å²) in [6.07, 6.45) is 4.00. The summed E-state index contributed by atoms with van der Waals surface area (Å²) < 4.78 is 42.4. The van der Waals surface area contributed by atoms with Crippen LogP contribution < -0.4 is 0 Å². The van der Waals surface area contributed by atoms with Gasteiger partial charge in [-0.05, 0) is 32.6 Å². The molecule has 1 rings (SSSR count). The van der Waals surface area contributed by atoms with E-state index in [0.29, 0.717) is 0 Å². The Bertz CT molecular complexity index is 414. The Morgan fingerprint density at radius 3 is 2.11 bits per heavy atom. The van der Waals surface area contributed by atoms with Crippen LogP contribution >= 0.6 is 10.0 Å². The maximum Gasteiger partial charge on any atom is 0.511 e. The van der Waals surface area contributed by atoms with Gasteiger partial charge < -0.3 is 14.2 Å². The van der Waals surface area contributed by atoms with Gasteiger partial charge in [-0.15, -0.1) is 0 Å². The molecule has 0 bridgehead atoms. The van der Waals surface area contributed by atoms with Gasteiger partial charge in [-0.25, -0.2) is 9.18 Å². The molecule has 0 N–H and O–H groups in total. The average molecular weight is 298 g/mol. The van der Waals surface area contributed by atoms with Gasteiger partial charge in [0, 0.05) is 6.92 Å². The summed E-state index contributed by atoms with van der Waals surface area (Å²) in [7, 11) is -1.79. The Hall–Kier alpha value is -0.820. The lowest BCUT2D eigenvalue weighted by Crippen LogP contribution is -2.47. The largest absolute Gasteiger partial charge is 0.511 e. The van der Waals surface area contributed by atoms with Crippen molar-refractivity contribution < 1.29 is 27.8 Å². The first-order valence-corrected chi connectivity index (χ1v) is 8.53. The lowest BCUT2D eigenvalue weighted by Gasteiger charge is -2.32. The maximum absolute atomic E-state index is 13.7. The van der Waals surface area contributed by atoms with Crippen LogP contribution in [-0.4, -0.2) is 42.9 Å². The van der Waals surface area contributed by atoms with Gasteiger partial charge >= 0.3 is 6.16 Å². The summed E-state index contributed by atoms with van der Waals surface area (Å²) in [5.74, 6) is -2.43. The van der Waals surface area contributed by atoms with Crippen LogP contribution in [0, 0.1) is 0 Å². The van der Waals surface area contributed by atoms with Crippen LogP contribution in [0.25, 0.3) is 0 Å². The number of hydrogen-bond donors (Lipinski definition) is 0. The Kier molecular flexibility index (Phi) is 4.22. The van der Waals surface area contributed by atoms with Crippen molar-refractivity contribution in [1.82, 2.24) is 0 Å². The Labute approximate surface area is 113 Å². The van der Waals surface area contributed by atoms with Crippen molar-refractivity contribution in [2.75, 3.05) is 25.4 Å². The monoisotopic (exact) mass is 298 g/mol. The van der Waals surface area contributed by atoms with E-state index in [4.69, 9.17) is 14.2 Å². The number of rotatable bonds is 4. The molecule has 0 aromatic rings. The Balaban J connectivity index is 2.80. The normalized spacial score (nSPS) is 28.5. The second-order valence-electron chi connectivity index (χ2n) is 5.71. The van der Waals surface area contributed by atoms with Gasteiger partial charge in [-0.1, -0.05) is 0 Å². The molecule has 0 saturated carbocycles. The molecule has 0 aromatic carbocycles. The molecule has 0 aromatic heterocycles. The molecule has 0 radical (unpaired) electrons. The van der Waals surface area contributed by atoms with Crippen molar-refractivity contribution in [1.29, 1.82) is 0 Å². The highest BCUT2D eigenvalue weighted by atomic mass is 32.3. The zero-order chi connectivity index (χ0) is 15.1. The van der Waals surface area contributed by atoms with E-state index in [0.717, 1.165) is 0 Å². The molecule has 1 unspecified atom stereocenters. The van der Waals surface area contributed by atoms with Gasteiger partial charge in [0.05, 0.1) is 0 Å². The zero-order valence-corrected chi connectivity index (χ0v) is 12.8. The summed E-state index contributed by atoms with van der Waals surface area (Å²) in [6, 6.07) is 0. The van der Waals surface area contributed by atoms with E-state index in [1.54, 1.807) is 32.6 Å². The first kappa shape index (κ1) is 16.2. The van der Waals surface area contributed by atoms with Crippen molar-refractivity contribution >= 4 is 16.2 Å². The number of carbonyl (C=O) groups excluding carboxylic acids is 1. The summed E-state index contributed by atoms with van der Waals surface area (Å²) in [5.41, 5.74) is -1.07. The van der Waals surface area contributed by atoms with E-state index in [9.17, 15) is 13.6 Å². The predicted molar refractivity (Wildman–Crippen MR) is 70.6 cm³/mol. The molecular formula is C12H20F2O4S. The number of ether oxygens (including phenoxy) is 3. The van der Waals surface area contributed by atoms with E-state index in [2.05, 4.69) is 0 Å². The highest BCUT2D eigenvalue weighted by molar-refractivity contribution is 8.35.